The van der Waals surface area contributed by atoms with Crippen molar-refractivity contribution in [2.45, 2.75) is 25.3 Å². The lowest BCUT2D eigenvalue weighted by Gasteiger charge is -2.32. The van der Waals surface area contributed by atoms with Crippen LogP contribution >= 0.6 is 0 Å². The van der Waals surface area contributed by atoms with Crippen molar-refractivity contribution in [2.24, 2.45) is 4.99 Å². The number of guanidine groups is 1. The molecule has 1 saturated heterocycles. The molecule has 1 aromatic carbocycles. The Bertz CT molecular complexity index is 615. The molecule has 2 N–H and O–H groups in total. The highest BCUT2D eigenvalue weighted by Gasteiger charge is 2.23. The Morgan fingerprint density at radius 3 is 2.67 bits per heavy atom. The molecular formula is C19H30N4O4. The van der Waals surface area contributed by atoms with Crippen molar-refractivity contribution < 1.29 is 19.0 Å². The number of ether oxygens (including phenoxy) is 3. The summed E-state index contributed by atoms with van der Waals surface area (Å²) in [7, 11) is 4.81. The maximum absolute atomic E-state index is 11.5. The summed E-state index contributed by atoms with van der Waals surface area (Å²) in [6.45, 7) is 2.74. The first kappa shape index (κ1) is 20.7. The number of benzene rings is 1. The molecule has 1 fully saturated rings. The number of carbonyl (C=O) groups excluding carboxylic acids is 1. The van der Waals surface area contributed by atoms with Crippen LogP contribution < -0.4 is 20.1 Å². The Balaban J connectivity index is 1.62. The Kier molecular flexibility index (Phi) is 8.54. The van der Waals surface area contributed by atoms with Crippen LogP contribution in [0.5, 0.6) is 11.5 Å². The van der Waals surface area contributed by atoms with E-state index in [-0.39, 0.29) is 6.09 Å². The van der Waals surface area contributed by atoms with Gasteiger partial charge in [-0.15, -0.1) is 0 Å². The van der Waals surface area contributed by atoms with E-state index in [0.717, 1.165) is 43.3 Å². The van der Waals surface area contributed by atoms with E-state index < -0.39 is 0 Å². The van der Waals surface area contributed by atoms with E-state index in [1.807, 2.05) is 24.3 Å². The number of likely N-dealkylation sites (tertiary alicyclic amines) is 1. The van der Waals surface area contributed by atoms with Crippen LogP contribution in [0.15, 0.2) is 29.3 Å². The number of aliphatic imine (C=N–C) groups is 1. The summed E-state index contributed by atoms with van der Waals surface area (Å²) in [4.78, 5) is 17.5. The molecule has 2 rings (SSSR count). The van der Waals surface area contributed by atoms with Gasteiger partial charge in [-0.1, -0.05) is 6.07 Å². The highest BCUT2D eigenvalue weighted by Crippen LogP contribution is 2.18. The molecule has 0 bridgehead atoms. The minimum absolute atomic E-state index is 0.257. The summed E-state index contributed by atoms with van der Waals surface area (Å²) >= 11 is 0. The minimum atomic E-state index is -0.257. The number of nitrogens with zero attached hydrogens (tertiary/aromatic N) is 2. The van der Waals surface area contributed by atoms with Crippen LogP contribution in [0.2, 0.25) is 0 Å². The third-order valence-electron chi connectivity index (χ3n) is 4.42. The van der Waals surface area contributed by atoms with Crippen molar-refractivity contribution in [3.8, 4) is 11.5 Å². The standard InChI is InChI=1S/C19H30N4O4/c1-20-18(22-15-8-11-23(12-9-15)19(24)26-3)21-10-5-13-27-17-7-4-6-16(14-17)25-2/h4,6-7,14-15H,5,8-13H2,1-3H3,(H2,20,21,22). The van der Waals surface area contributed by atoms with Gasteiger partial charge in [0.25, 0.3) is 0 Å². The van der Waals surface area contributed by atoms with E-state index in [1.165, 1.54) is 7.11 Å². The third-order valence-corrected chi connectivity index (χ3v) is 4.42. The molecule has 150 valence electrons. The molecule has 0 spiro atoms. The first-order chi connectivity index (χ1) is 13.2. The minimum Gasteiger partial charge on any atom is -0.497 e. The largest absolute Gasteiger partial charge is 0.497 e. The highest BCUT2D eigenvalue weighted by atomic mass is 16.5. The monoisotopic (exact) mass is 378 g/mol. The van der Waals surface area contributed by atoms with Gasteiger partial charge in [-0.05, 0) is 31.4 Å². The maximum atomic E-state index is 11.5. The Morgan fingerprint density at radius 2 is 2.00 bits per heavy atom. The zero-order valence-corrected chi connectivity index (χ0v) is 16.4. The molecule has 0 saturated carbocycles. The SMILES string of the molecule is CN=C(NCCCOc1cccc(OC)c1)NC1CCN(C(=O)OC)CC1. The second-order valence-corrected chi connectivity index (χ2v) is 6.26. The number of hydrogen-bond donors (Lipinski definition) is 2. The fraction of sp³-hybridized carbons (Fsp3) is 0.579. The molecule has 0 radical (unpaired) electrons. The number of nitrogens with one attached hydrogen (secondary N) is 2. The van der Waals surface area contributed by atoms with E-state index >= 15 is 0 Å². The summed E-state index contributed by atoms with van der Waals surface area (Å²) < 4.78 is 15.7. The normalized spacial score (nSPS) is 15.2. The lowest BCUT2D eigenvalue weighted by molar-refractivity contribution is 0.111. The summed E-state index contributed by atoms with van der Waals surface area (Å²) in [5, 5.41) is 6.71. The number of rotatable bonds is 7. The van der Waals surface area contributed by atoms with E-state index in [1.54, 1.807) is 19.1 Å². The van der Waals surface area contributed by atoms with Crippen LogP contribution in [0, 0.1) is 0 Å². The quantitative estimate of drug-likeness (QED) is 0.428. The molecular weight excluding hydrogens is 348 g/mol. The van der Waals surface area contributed by atoms with Gasteiger partial charge in [0.05, 0.1) is 20.8 Å². The van der Waals surface area contributed by atoms with Gasteiger partial charge in [-0.2, -0.15) is 0 Å². The van der Waals surface area contributed by atoms with Gasteiger partial charge < -0.3 is 29.7 Å². The average Bonchev–Trinajstić information content (AvgIpc) is 2.72. The highest BCUT2D eigenvalue weighted by molar-refractivity contribution is 5.80. The number of amides is 1. The number of hydrogen-bond acceptors (Lipinski definition) is 5. The van der Waals surface area contributed by atoms with E-state index in [0.29, 0.717) is 25.7 Å². The van der Waals surface area contributed by atoms with Crippen LogP contribution in [-0.4, -0.2) is 70.5 Å². The van der Waals surface area contributed by atoms with Crippen LogP contribution in [0.3, 0.4) is 0 Å². The van der Waals surface area contributed by atoms with Crippen molar-refractivity contribution in [3.05, 3.63) is 24.3 Å². The van der Waals surface area contributed by atoms with Crippen LogP contribution in [-0.2, 0) is 4.74 Å². The second kappa shape index (κ2) is 11.2. The van der Waals surface area contributed by atoms with E-state index in [2.05, 4.69) is 15.6 Å². The van der Waals surface area contributed by atoms with Crippen LogP contribution in [0.4, 0.5) is 4.79 Å². The van der Waals surface area contributed by atoms with Gasteiger partial charge in [-0.25, -0.2) is 4.79 Å². The van der Waals surface area contributed by atoms with E-state index in [9.17, 15) is 4.79 Å². The molecule has 0 aromatic heterocycles. The van der Waals surface area contributed by atoms with Crippen molar-refractivity contribution in [3.63, 3.8) is 0 Å². The molecule has 0 aliphatic carbocycles. The molecule has 1 heterocycles. The van der Waals surface area contributed by atoms with Gasteiger partial charge in [0.15, 0.2) is 5.96 Å². The topological polar surface area (TPSA) is 84.4 Å². The zero-order valence-electron chi connectivity index (χ0n) is 16.4. The Morgan fingerprint density at radius 1 is 1.26 bits per heavy atom. The number of carbonyl (C=O) groups is 1. The molecule has 1 aliphatic rings. The first-order valence-electron chi connectivity index (χ1n) is 9.23. The van der Waals surface area contributed by atoms with Crippen LogP contribution in [0.1, 0.15) is 19.3 Å². The molecule has 1 aromatic rings. The zero-order chi connectivity index (χ0) is 19.5. The Hall–Kier alpha value is -2.64. The Labute approximate surface area is 160 Å². The second-order valence-electron chi connectivity index (χ2n) is 6.26. The lowest BCUT2D eigenvalue weighted by Crippen LogP contribution is -2.49. The molecule has 1 amide bonds. The van der Waals surface area contributed by atoms with Crippen molar-refractivity contribution in [1.82, 2.24) is 15.5 Å². The fourth-order valence-electron chi connectivity index (χ4n) is 2.88. The van der Waals surface area contributed by atoms with Crippen LogP contribution in [0.25, 0.3) is 0 Å². The van der Waals surface area contributed by atoms with Crippen molar-refractivity contribution in [2.75, 3.05) is 47.5 Å². The van der Waals surface area contributed by atoms with Crippen molar-refractivity contribution in [1.29, 1.82) is 0 Å². The fourth-order valence-corrected chi connectivity index (χ4v) is 2.88. The molecule has 1 aliphatic heterocycles. The lowest BCUT2D eigenvalue weighted by atomic mass is 10.1. The van der Waals surface area contributed by atoms with Gasteiger partial charge in [0.2, 0.25) is 0 Å². The predicted molar refractivity (Wildman–Crippen MR) is 105 cm³/mol. The smallest absolute Gasteiger partial charge is 0.409 e. The summed E-state index contributed by atoms with van der Waals surface area (Å²) in [6.07, 6.45) is 2.33. The third kappa shape index (κ3) is 6.88. The maximum Gasteiger partial charge on any atom is 0.409 e. The predicted octanol–water partition coefficient (Wildman–Crippen LogP) is 1.86. The molecule has 8 nitrogen and oxygen atoms in total. The van der Waals surface area contributed by atoms with Gasteiger partial charge in [-0.3, -0.25) is 4.99 Å². The molecule has 0 unspecified atom stereocenters. The molecule has 0 atom stereocenters. The van der Waals surface area contributed by atoms with E-state index in [4.69, 9.17) is 14.2 Å². The number of piperidine rings is 1. The summed E-state index contributed by atoms with van der Waals surface area (Å²) in [5.74, 6) is 2.36. The van der Waals surface area contributed by atoms with Gasteiger partial charge >= 0.3 is 6.09 Å². The first-order valence-corrected chi connectivity index (χ1v) is 9.23. The van der Waals surface area contributed by atoms with Gasteiger partial charge in [0.1, 0.15) is 11.5 Å². The molecule has 27 heavy (non-hydrogen) atoms. The summed E-state index contributed by atoms with van der Waals surface area (Å²) in [5.41, 5.74) is 0. The molecule has 8 heteroatoms. The summed E-state index contributed by atoms with van der Waals surface area (Å²) in [6, 6.07) is 7.87. The number of methoxy groups -OCH3 is 2. The average molecular weight is 378 g/mol. The van der Waals surface area contributed by atoms with Gasteiger partial charge in [0, 0.05) is 38.8 Å². The van der Waals surface area contributed by atoms with Crippen molar-refractivity contribution >= 4 is 12.1 Å².